The number of hydrogen-bond donors (Lipinski definition) is 1. The molecule has 1 N–H and O–H groups in total. The Morgan fingerprint density at radius 2 is 1.68 bits per heavy atom. The molecule has 1 amide bonds. The van der Waals surface area contributed by atoms with E-state index in [4.69, 9.17) is 4.74 Å². The Bertz CT molecular complexity index is 573. The molecular formula is C15H13NO3. The third-order valence-electron chi connectivity index (χ3n) is 2.66. The van der Waals surface area contributed by atoms with Gasteiger partial charge in [0.05, 0.1) is 7.11 Å². The van der Waals surface area contributed by atoms with Crippen LogP contribution in [-0.4, -0.2) is 19.3 Å². The van der Waals surface area contributed by atoms with Crippen molar-refractivity contribution in [1.29, 1.82) is 0 Å². The van der Waals surface area contributed by atoms with Crippen LogP contribution in [0.4, 0.5) is 5.69 Å². The zero-order valence-corrected chi connectivity index (χ0v) is 10.4. The first-order valence-electron chi connectivity index (χ1n) is 5.73. The molecule has 0 aliphatic heterocycles. The van der Waals surface area contributed by atoms with Crippen LogP contribution in [0.3, 0.4) is 0 Å². The second-order valence-corrected chi connectivity index (χ2v) is 3.92. The van der Waals surface area contributed by atoms with Crippen LogP contribution < -0.4 is 10.1 Å². The van der Waals surface area contributed by atoms with Gasteiger partial charge in [-0.2, -0.15) is 0 Å². The topological polar surface area (TPSA) is 55.4 Å². The molecule has 96 valence electrons. The number of aldehydes is 1. The Hall–Kier alpha value is -2.62. The molecule has 2 aromatic carbocycles. The number of rotatable bonds is 4. The molecule has 0 aliphatic carbocycles. The van der Waals surface area contributed by atoms with E-state index in [-0.39, 0.29) is 5.91 Å². The van der Waals surface area contributed by atoms with Gasteiger partial charge in [0.2, 0.25) is 0 Å². The predicted octanol–water partition coefficient (Wildman–Crippen LogP) is 2.76. The summed E-state index contributed by atoms with van der Waals surface area (Å²) in [5.41, 5.74) is 1.73. The predicted molar refractivity (Wildman–Crippen MR) is 72.8 cm³/mol. The molecule has 19 heavy (non-hydrogen) atoms. The number of ether oxygens (including phenoxy) is 1. The Labute approximate surface area is 111 Å². The molecule has 2 aromatic rings. The van der Waals surface area contributed by atoms with E-state index in [0.29, 0.717) is 16.8 Å². The smallest absolute Gasteiger partial charge is 0.255 e. The molecule has 0 saturated carbocycles. The van der Waals surface area contributed by atoms with Crippen molar-refractivity contribution >= 4 is 17.9 Å². The molecule has 2 rings (SSSR count). The highest BCUT2D eigenvalue weighted by Crippen LogP contribution is 2.16. The first kappa shape index (κ1) is 12.8. The van der Waals surface area contributed by atoms with Gasteiger partial charge >= 0.3 is 0 Å². The zero-order chi connectivity index (χ0) is 13.7. The summed E-state index contributed by atoms with van der Waals surface area (Å²) in [6.45, 7) is 0. The lowest BCUT2D eigenvalue weighted by Crippen LogP contribution is -2.11. The highest BCUT2D eigenvalue weighted by atomic mass is 16.5. The third kappa shape index (κ3) is 3.19. The van der Waals surface area contributed by atoms with Crippen molar-refractivity contribution in [1.82, 2.24) is 0 Å². The maximum atomic E-state index is 11.9. The summed E-state index contributed by atoms with van der Waals surface area (Å²) in [6, 6.07) is 13.5. The second kappa shape index (κ2) is 5.82. The maximum absolute atomic E-state index is 11.9. The number of carbonyl (C=O) groups is 2. The van der Waals surface area contributed by atoms with Gasteiger partial charge in [0.15, 0.2) is 0 Å². The van der Waals surface area contributed by atoms with Crippen LogP contribution in [-0.2, 0) is 0 Å². The molecule has 0 spiro atoms. The molecule has 0 bridgehead atoms. The Morgan fingerprint density at radius 1 is 1.05 bits per heavy atom. The monoisotopic (exact) mass is 255 g/mol. The van der Waals surface area contributed by atoms with E-state index in [9.17, 15) is 9.59 Å². The fourth-order valence-electron chi connectivity index (χ4n) is 1.59. The zero-order valence-electron chi connectivity index (χ0n) is 10.4. The van der Waals surface area contributed by atoms with Gasteiger partial charge in [0.25, 0.3) is 5.91 Å². The maximum Gasteiger partial charge on any atom is 0.255 e. The van der Waals surface area contributed by atoms with Gasteiger partial charge in [-0.25, -0.2) is 0 Å². The van der Waals surface area contributed by atoms with Crippen LogP contribution in [0.25, 0.3) is 0 Å². The minimum Gasteiger partial charge on any atom is -0.497 e. The fraction of sp³-hybridized carbons (Fsp3) is 0.0667. The fourth-order valence-corrected chi connectivity index (χ4v) is 1.59. The van der Waals surface area contributed by atoms with E-state index in [1.54, 1.807) is 55.6 Å². The van der Waals surface area contributed by atoms with Crippen molar-refractivity contribution in [3.05, 3.63) is 59.7 Å². The van der Waals surface area contributed by atoms with Crippen molar-refractivity contribution in [2.24, 2.45) is 0 Å². The molecular weight excluding hydrogens is 242 g/mol. The summed E-state index contributed by atoms with van der Waals surface area (Å²) in [7, 11) is 1.59. The lowest BCUT2D eigenvalue weighted by atomic mass is 10.1. The largest absolute Gasteiger partial charge is 0.497 e. The van der Waals surface area contributed by atoms with Crippen LogP contribution in [0.1, 0.15) is 20.7 Å². The number of methoxy groups -OCH3 is 1. The highest BCUT2D eigenvalue weighted by molar-refractivity contribution is 6.04. The van der Waals surface area contributed by atoms with Gasteiger partial charge in [-0.1, -0.05) is 12.1 Å². The summed E-state index contributed by atoms with van der Waals surface area (Å²) in [4.78, 5) is 22.5. The number of nitrogens with one attached hydrogen (secondary N) is 1. The van der Waals surface area contributed by atoms with Crippen LogP contribution in [0.15, 0.2) is 48.5 Å². The van der Waals surface area contributed by atoms with Gasteiger partial charge in [-0.3, -0.25) is 9.59 Å². The van der Waals surface area contributed by atoms with Gasteiger partial charge in [0, 0.05) is 16.8 Å². The van der Waals surface area contributed by atoms with Crippen LogP contribution in [0, 0.1) is 0 Å². The van der Waals surface area contributed by atoms with E-state index < -0.39 is 0 Å². The van der Waals surface area contributed by atoms with Gasteiger partial charge < -0.3 is 10.1 Å². The lowest BCUT2D eigenvalue weighted by molar-refractivity contribution is 0.102. The SMILES string of the molecule is COc1ccc(NC(=O)c2ccc(C=O)cc2)cc1. The van der Waals surface area contributed by atoms with E-state index in [1.807, 2.05) is 0 Å². The number of amides is 1. The highest BCUT2D eigenvalue weighted by Gasteiger charge is 2.05. The Kier molecular flexibility index (Phi) is 3.93. The molecule has 0 aliphatic rings. The van der Waals surface area contributed by atoms with Crippen LogP contribution in [0.2, 0.25) is 0 Å². The number of benzene rings is 2. The molecule has 0 unspecified atom stereocenters. The van der Waals surface area contributed by atoms with E-state index >= 15 is 0 Å². The third-order valence-corrected chi connectivity index (χ3v) is 2.66. The van der Waals surface area contributed by atoms with Crippen LogP contribution >= 0.6 is 0 Å². The summed E-state index contributed by atoms with van der Waals surface area (Å²) < 4.78 is 5.04. The van der Waals surface area contributed by atoms with Crippen LogP contribution in [0.5, 0.6) is 5.75 Å². The minimum atomic E-state index is -0.220. The number of hydrogen-bond acceptors (Lipinski definition) is 3. The minimum absolute atomic E-state index is 0.220. The van der Waals surface area contributed by atoms with Crippen molar-refractivity contribution in [2.45, 2.75) is 0 Å². The first-order chi connectivity index (χ1) is 9.22. The van der Waals surface area contributed by atoms with Crippen molar-refractivity contribution in [3.8, 4) is 5.75 Å². The van der Waals surface area contributed by atoms with Crippen molar-refractivity contribution < 1.29 is 14.3 Å². The standard InChI is InChI=1S/C15H13NO3/c1-19-14-8-6-13(7-9-14)16-15(18)12-4-2-11(10-17)3-5-12/h2-10H,1H3,(H,16,18). The quantitative estimate of drug-likeness (QED) is 0.855. The second-order valence-electron chi connectivity index (χ2n) is 3.92. The summed E-state index contributed by atoms with van der Waals surface area (Å²) >= 11 is 0. The molecule has 0 aromatic heterocycles. The molecule has 0 saturated heterocycles. The van der Waals surface area contributed by atoms with Gasteiger partial charge in [-0.15, -0.1) is 0 Å². The Morgan fingerprint density at radius 3 is 2.21 bits per heavy atom. The van der Waals surface area contributed by atoms with Crippen molar-refractivity contribution in [2.75, 3.05) is 12.4 Å². The molecule has 0 radical (unpaired) electrons. The van der Waals surface area contributed by atoms with Gasteiger partial charge in [-0.05, 0) is 36.4 Å². The molecule has 0 atom stereocenters. The number of anilines is 1. The lowest BCUT2D eigenvalue weighted by Gasteiger charge is -2.06. The first-order valence-corrected chi connectivity index (χ1v) is 5.73. The Balaban J connectivity index is 2.08. The van der Waals surface area contributed by atoms with Gasteiger partial charge in [0.1, 0.15) is 12.0 Å². The number of carbonyl (C=O) groups excluding carboxylic acids is 2. The van der Waals surface area contributed by atoms with E-state index in [2.05, 4.69) is 5.32 Å². The van der Waals surface area contributed by atoms with E-state index in [1.165, 1.54) is 0 Å². The summed E-state index contributed by atoms with van der Waals surface area (Å²) in [5, 5.41) is 2.76. The van der Waals surface area contributed by atoms with E-state index in [0.717, 1.165) is 12.0 Å². The average molecular weight is 255 g/mol. The molecule has 0 heterocycles. The van der Waals surface area contributed by atoms with Crippen molar-refractivity contribution in [3.63, 3.8) is 0 Å². The normalized spacial score (nSPS) is 9.74. The summed E-state index contributed by atoms with van der Waals surface area (Å²) in [5.74, 6) is 0.510. The molecule has 4 nitrogen and oxygen atoms in total. The molecule has 4 heteroatoms. The average Bonchev–Trinajstić information content (AvgIpc) is 2.48. The summed E-state index contributed by atoms with van der Waals surface area (Å²) in [6.07, 6.45) is 0.741. The molecule has 0 fully saturated rings.